The third-order valence-corrected chi connectivity index (χ3v) is 8.22. The van der Waals surface area contributed by atoms with E-state index < -0.39 is 12.6 Å². The highest BCUT2D eigenvalue weighted by atomic mass is 35.5. The Bertz CT molecular complexity index is 2090. The van der Waals surface area contributed by atoms with Gasteiger partial charge in [-0.1, -0.05) is 17.7 Å². The van der Waals surface area contributed by atoms with Crippen molar-refractivity contribution < 1.29 is 13.6 Å². The smallest absolute Gasteiger partial charge is 0.410 e. The van der Waals surface area contributed by atoms with E-state index in [2.05, 4.69) is 25.7 Å². The number of nitrogens with zero attached hydrogens (tertiary/aromatic N) is 9. The Kier molecular flexibility index (Phi) is 6.83. The number of amides is 1. The van der Waals surface area contributed by atoms with Crippen LogP contribution in [0.5, 0.6) is 0 Å². The number of aromatic nitrogens is 8. The maximum absolute atomic E-state index is 13.9. The number of carbonyl (C=O) groups is 1. The van der Waals surface area contributed by atoms with Crippen LogP contribution in [0.1, 0.15) is 73.4 Å². The molecule has 1 fully saturated rings. The van der Waals surface area contributed by atoms with Gasteiger partial charge in [-0.3, -0.25) is 13.8 Å². The minimum absolute atomic E-state index is 0.00866. The maximum atomic E-state index is 13.9. The fourth-order valence-electron chi connectivity index (χ4n) is 5.99. The average molecular weight is 636 g/mol. The number of benzene rings is 1. The molecule has 236 valence electrons. The number of aryl methyl sites for hydroxylation is 3. The first-order chi connectivity index (χ1) is 22.5. The number of likely N-dealkylation sites (tertiary alicyclic amines) is 1. The van der Waals surface area contributed by atoms with Crippen LogP contribution >= 0.6 is 11.6 Å². The van der Waals surface area contributed by atoms with Crippen LogP contribution in [0.2, 0.25) is 5.15 Å². The van der Waals surface area contributed by atoms with E-state index in [0.717, 1.165) is 16.8 Å². The topological polar surface area (TPSA) is 137 Å². The van der Waals surface area contributed by atoms with E-state index in [-0.39, 0.29) is 40.3 Å². The molecule has 0 spiro atoms. The van der Waals surface area contributed by atoms with E-state index in [0.29, 0.717) is 53.0 Å². The van der Waals surface area contributed by atoms with Gasteiger partial charge < -0.3 is 15.0 Å². The van der Waals surface area contributed by atoms with Crippen LogP contribution in [0.25, 0.3) is 28.1 Å². The van der Waals surface area contributed by atoms with Crippen LogP contribution in [-0.4, -0.2) is 68.8 Å². The number of imidazole rings is 1. The van der Waals surface area contributed by atoms with Crippen LogP contribution < -0.4 is 10.9 Å². The van der Waals surface area contributed by atoms with E-state index in [4.69, 9.17) is 25.4 Å². The number of nitrogens with one attached hydrogen (secondary N) is 1. The number of rotatable bonds is 5. The van der Waals surface area contributed by atoms with Crippen molar-refractivity contribution in [3.63, 3.8) is 0 Å². The highest BCUT2D eigenvalue weighted by Crippen LogP contribution is 2.35. The zero-order chi connectivity index (χ0) is 34.7. The summed E-state index contributed by atoms with van der Waals surface area (Å²) < 4.78 is 32.0. The summed E-state index contributed by atoms with van der Waals surface area (Å²) in [6, 6.07) is 6.82. The fraction of sp³-hybridized carbons (Fsp3) is 0.452. The van der Waals surface area contributed by atoms with Gasteiger partial charge in [0.2, 0.25) is 5.82 Å². The molecule has 1 saturated heterocycles. The van der Waals surface area contributed by atoms with Gasteiger partial charge in [0.15, 0.2) is 0 Å². The molecule has 14 heteroatoms. The SMILES string of the molecule is [2H]C([2H])([2H])n1nnc(-c2nc(Cl)ccc2NC(C)c2cc(C)cc3c(=O)n(C)c4c(C5CCN(C(=O)OC(C)(C)C)CC5)ncn4c23)n1. The second kappa shape index (κ2) is 11.4. The third kappa shape index (κ3) is 5.84. The van der Waals surface area contributed by atoms with E-state index in [9.17, 15) is 9.59 Å². The number of piperidine rings is 1. The number of tetrazole rings is 1. The number of halogens is 1. The largest absolute Gasteiger partial charge is 0.444 e. The molecule has 6 rings (SSSR count). The molecule has 0 bridgehead atoms. The number of ether oxygens (including phenoxy) is 1. The van der Waals surface area contributed by atoms with Crippen molar-refractivity contribution in [3.05, 3.63) is 62.9 Å². The Morgan fingerprint density at radius 1 is 1.22 bits per heavy atom. The number of pyridine rings is 1. The first kappa shape index (κ1) is 26.8. The molecule has 0 radical (unpaired) electrons. The lowest BCUT2D eigenvalue weighted by atomic mass is 9.93. The summed E-state index contributed by atoms with van der Waals surface area (Å²) in [5.41, 5.74) is 3.93. The molecule has 1 unspecified atom stereocenters. The van der Waals surface area contributed by atoms with Crippen molar-refractivity contribution in [2.24, 2.45) is 14.0 Å². The molecule has 5 aromatic rings. The van der Waals surface area contributed by atoms with Crippen molar-refractivity contribution in [1.82, 2.24) is 44.0 Å². The van der Waals surface area contributed by atoms with E-state index in [1.165, 1.54) is 0 Å². The van der Waals surface area contributed by atoms with E-state index in [1.54, 1.807) is 35.0 Å². The van der Waals surface area contributed by atoms with Crippen LogP contribution in [0.15, 0.2) is 35.4 Å². The zero-order valence-electron chi connectivity index (χ0n) is 29.0. The molecule has 1 N–H and O–H groups in total. The third-order valence-electron chi connectivity index (χ3n) is 8.01. The standard InChI is InChI=1S/C31H37ClN10O3/c1-17-14-20(18(2)34-22-8-9-23(32)35-25(22)27-36-38-40(7)37-27)26-21(15-17)29(43)39(6)28-24(33-16-42(26)28)19-10-12-41(13-11-19)30(44)45-31(3,4)5/h8-9,14-16,18-19,34H,10-13H2,1-7H3/i7D3. The Morgan fingerprint density at radius 3 is 2.67 bits per heavy atom. The lowest BCUT2D eigenvalue weighted by Gasteiger charge is -2.33. The molecule has 4 aromatic heterocycles. The molecular weight excluding hydrogens is 596 g/mol. The van der Waals surface area contributed by atoms with Crippen LogP contribution in [0.4, 0.5) is 10.5 Å². The number of hydrogen-bond donors (Lipinski definition) is 1. The van der Waals surface area contributed by atoms with Gasteiger partial charge >= 0.3 is 6.09 Å². The number of hydrogen-bond acceptors (Lipinski definition) is 9. The summed E-state index contributed by atoms with van der Waals surface area (Å²) in [6.07, 6.45) is 2.80. The molecule has 1 amide bonds. The van der Waals surface area contributed by atoms with E-state index >= 15 is 0 Å². The minimum atomic E-state index is -2.61. The van der Waals surface area contributed by atoms with Gasteiger partial charge in [0.1, 0.15) is 28.4 Å². The van der Waals surface area contributed by atoms with Crippen molar-refractivity contribution in [3.8, 4) is 11.5 Å². The van der Waals surface area contributed by atoms with Crippen molar-refractivity contribution in [2.45, 2.75) is 65.0 Å². The Labute approximate surface area is 269 Å². The summed E-state index contributed by atoms with van der Waals surface area (Å²) in [5.74, 6) is 0.0327. The second-order valence-electron chi connectivity index (χ2n) is 12.5. The van der Waals surface area contributed by atoms with Gasteiger partial charge in [-0.15, -0.1) is 10.2 Å². The number of carbonyl (C=O) groups excluding carboxylic acids is 1. The first-order valence-corrected chi connectivity index (χ1v) is 15.1. The quantitative estimate of drug-likeness (QED) is 0.264. The van der Waals surface area contributed by atoms with Gasteiger partial charge in [-0.25, -0.2) is 14.8 Å². The lowest BCUT2D eigenvalue weighted by Crippen LogP contribution is -2.41. The predicted molar refractivity (Wildman–Crippen MR) is 172 cm³/mol. The fourth-order valence-corrected chi connectivity index (χ4v) is 6.14. The molecular formula is C31H37ClN10O3. The van der Waals surface area contributed by atoms with Crippen molar-refractivity contribution >= 4 is 39.9 Å². The minimum Gasteiger partial charge on any atom is -0.444 e. The average Bonchev–Trinajstić information content (AvgIpc) is 3.68. The molecule has 5 heterocycles. The highest BCUT2D eigenvalue weighted by molar-refractivity contribution is 6.29. The van der Waals surface area contributed by atoms with Crippen molar-refractivity contribution in [2.75, 3.05) is 18.4 Å². The van der Waals surface area contributed by atoms with Crippen LogP contribution in [-0.2, 0) is 18.8 Å². The Morgan fingerprint density at radius 2 is 1.98 bits per heavy atom. The maximum Gasteiger partial charge on any atom is 0.410 e. The first-order valence-electron chi connectivity index (χ1n) is 16.2. The number of fused-ring (bicyclic) bond motifs is 3. The molecule has 13 nitrogen and oxygen atoms in total. The second-order valence-corrected chi connectivity index (χ2v) is 12.9. The highest BCUT2D eigenvalue weighted by Gasteiger charge is 2.31. The normalized spacial score (nSPS) is 16.4. The van der Waals surface area contributed by atoms with Gasteiger partial charge in [0.05, 0.1) is 35.3 Å². The van der Waals surface area contributed by atoms with Gasteiger partial charge in [0.25, 0.3) is 5.56 Å². The zero-order valence-corrected chi connectivity index (χ0v) is 26.8. The monoisotopic (exact) mass is 635 g/mol. The Balaban J connectivity index is 1.38. The molecule has 1 aliphatic heterocycles. The van der Waals surface area contributed by atoms with Crippen molar-refractivity contribution in [1.29, 1.82) is 0 Å². The van der Waals surface area contributed by atoms with Gasteiger partial charge in [-0.05, 0) is 82.0 Å². The summed E-state index contributed by atoms with van der Waals surface area (Å²) >= 11 is 6.22. The summed E-state index contributed by atoms with van der Waals surface area (Å²) in [7, 11) is 1.76. The molecule has 1 aromatic carbocycles. The summed E-state index contributed by atoms with van der Waals surface area (Å²) in [4.78, 5) is 38.1. The number of anilines is 1. The summed E-state index contributed by atoms with van der Waals surface area (Å²) in [5, 5.41) is 15.8. The van der Waals surface area contributed by atoms with Gasteiger partial charge in [0, 0.05) is 30.2 Å². The van der Waals surface area contributed by atoms with Crippen LogP contribution in [0.3, 0.4) is 0 Å². The molecule has 1 atom stereocenters. The summed E-state index contributed by atoms with van der Waals surface area (Å²) in [6.45, 7) is 7.88. The van der Waals surface area contributed by atoms with Gasteiger partial charge in [-0.2, -0.15) is 4.80 Å². The Hall–Kier alpha value is -4.52. The lowest BCUT2D eigenvalue weighted by molar-refractivity contribution is 0.0204. The molecule has 45 heavy (non-hydrogen) atoms. The molecule has 1 aliphatic rings. The van der Waals surface area contributed by atoms with E-state index in [1.807, 2.05) is 51.2 Å². The van der Waals surface area contributed by atoms with Crippen LogP contribution in [0, 0.1) is 6.92 Å². The molecule has 0 aliphatic carbocycles. The predicted octanol–water partition coefficient (Wildman–Crippen LogP) is 5.02. The molecule has 0 saturated carbocycles.